The molecule has 0 saturated carbocycles. The van der Waals surface area contributed by atoms with Gasteiger partial charge in [0.05, 0.1) is 17.0 Å². The number of benzene rings is 2. The van der Waals surface area contributed by atoms with Crippen LogP contribution in [0.25, 0.3) is 10.9 Å². The van der Waals surface area contributed by atoms with E-state index in [2.05, 4.69) is 0 Å². The third-order valence-electron chi connectivity index (χ3n) is 5.65. The minimum atomic E-state index is -0.722. The van der Waals surface area contributed by atoms with Crippen LogP contribution in [0, 0.1) is 6.92 Å². The smallest absolute Gasteiger partial charge is 0.262 e. The average molecular weight is 406 g/mol. The van der Waals surface area contributed by atoms with E-state index in [1.54, 1.807) is 18.5 Å². The lowest BCUT2D eigenvalue weighted by atomic mass is 10.0. The summed E-state index contributed by atoms with van der Waals surface area (Å²) in [6.07, 6.45) is -0.722. The molecule has 4 rings (SSSR count). The van der Waals surface area contributed by atoms with Crippen LogP contribution < -0.4 is 10.5 Å². The first kappa shape index (κ1) is 20.1. The second-order valence-electron chi connectivity index (χ2n) is 7.85. The SMILES string of the molecule is Cc1cc(C(C)O)c2nc(N3CCN(C(=O)c4ccccc4)CC3)n(C)c(=O)c2c1. The number of piperazine rings is 1. The number of aliphatic hydroxyl groups is 1. The number of aryl methyl sites for hydroxylation is 1. The Kier molecular flexibility index (Phi) is 5.30. The van der Waals surface area contributed by atoms with Crippen molar-refractivity contribution in [1.29, 1.82) is 0 Å². The number of amides is 1. The van der Waals surface area contributed by atoms with Crippen molar-refractivity contribution in [3.63, 3.8) is 0 Å². The van der Waals surface area contributed by atoms with Gasteiger partial charge < -0.3 is 14.9 Å². The Balaban J connectivity index is 1.64. The minimum Gasteiger partial charge on any atom is -0.389 e. The molecule has 2 aromatic carbocycles. The number of carbonyl (C=O) groups excluding carboxylic acids is 1. The normalized spacial score (nSPS) is 15.5. The molecule has 0 aliphatic carbocycles. The molecule has 1 atom stereocenters. The molecule has 7 nitrogen and oxygen atoms in total. The number of nitrogens with zero attached hydrogens (tertiary/aromatic N) is 4. The van der Waals surface area contributed by atoms with E-state index in [1.165, 1.54) is 0 Å². The highest BCUT2D eigenvalue weighted by Gasteiger charge is 2.25. The largest absolute Gasteiger partial charge is 0.389 e. The number of aliphatic hydroxyl groups excluding tert-OH is 1. The molecular formula is C23H26N4O3. The number of anilines is 1. The Bertz CT molecular complexity index is 1150. The van der Waals surface area contributed by atoms with Gasteiger partial charge in [-0.15, -0.1) is 0 Å². The van der Waals surface area contributed by atoms with E-state index in [1.807, 2.05) is 59.2 Å². The second kappa shape index (κ2) is 7.91. The zero-order valence-electron chi connectivity index (χ0n) is 17.5. The Morgan fingerprint density at radius 2 is 1.77 bits per heavy atom. The van der Waals surface area contributed by atoms with Gasteiger partial charge in [-0.05, 0) is 37.6 Å². The first-order valence-electron chi connectivity index (χ1n) is 10.2. The molecule has 0 bridgehead atoms. The molecule has 1 saturated heterocycles. The highest BCUT2D eigenvalue weighted by molar-refractivity contribution is 5.94. The predicted molar refractivity (Wildman–Crippen MR) is 117 cm³/mol. The Morgan fingerprint density at radius 1 is 1.10 bits per heavy atom. The maximum atomic E-state index is 13.0. The van der Waals surface area contributed by atoms with Gasteiger partial charge in [-0.25, -0.2) is 4.98 Å². The van der Waals surface area contributed by atoms with Crippen molar-refractivity contribution in [3.05, 3.63) is 69.5 Å². The van der Waals surface area contributed by atoms with E-state index in [0.29, 0.717) is 54.2 Å². The molecule has 1 fully saturated rings. The summed E-state index contributed by atoms with van der Waals surface area (Å²) in [4.78, 5) is 34.4. The molecule has 156 valence electrons. The van der Waals surface area contributed by atoms with E-state index in [9.17, 15) is 14.7 Å². The molecule has 2 heterocycles. The summed E-state index contributed by atoms with van der Waals surface area (Å²) >= 11 is 0. The van der Waals surface area contributed by atoms with Gasteiger partial charge in [0.15, 0.2) is 0 Å². The molecule has 7 heteroatoms. The van der Waals surface area contributed by atoms with Crippen molar-refractivity contribution < 1.29 is 9.90 Å². The van der Waals surface area contributed by atoms with Crippen LogP contribution in [-0.2, 0) is 7.05 Å². The van der Waals surface area contributed by atoms with Crippen LogP contribution in [0.4, 0.5) is 5.95 Å². The van der Waals surface area contributed by atoms with Gasteiger partial charge in [0, 0.05) is 44.4 Å². The third kappa shape index (κ3) is 3.57. The molecular weight excluding hydrogens is 380 g/mol. The third-order valence-corrected chi connectivity index (χ3v) is 5.65. The zero-order chi connectivity index (χ0) is 21.4. The van der Waals surface area contributed by atoms with Crippen molar-refractivity contribution >= 4 is 22.8 Å². The summed E-state index contributed by atoms with van der Waals surface area (Å²) in [5.41, 5.74) is 2.65. The fourth-order valence-electron chi connectivity index (χ4n) is 4.02. The fourth-order valence-corrected chi connectivity index (χ4v) is 4.02. The molecule has 1 aliphatic heterocycles. The Labute approximate surface area is 175 Å². The van der Waals surface area contributed by atoms with Crippen LogP contribution >= 0.6 is 0 Å². The summed E-state index contributed by atoms with van der Waals surface area (Å²) in [7, 11) is 1.72. The van der Waals surface area contributed by atoms with E-state index in [4.69, 9.17) is 4.98 Å². The highest BCUT2D eigenvalue weighted by Crippen LogP contribution is 2.25. The number of aromatic nitrogens is 2. The van der Waals surface area contributed by atoms with Crippen LogP contribution in [0.3, 0.4) is 0 Å². The van der Waals surface area contributed by atoms with Crippen molar-refractivity contribution in [3.8, 4) is 0 Å². The highest BCUT2D eigenvalue weighted by atomic mass is 16.3. The minimum absolute atomic E-state index is 0.0162. The standard InChI is InChI=1S/C23H26N4O3/c1-15-13-18(16(2)28)20-19(14-15)22(30)25(3)23(24-20)27-11-9-26(10-12-27)21(29)17-7-5-4-6-8-17/h4-8,13-14,16,28H,9-12H2,1-3H3. The topological polar surface area (TPSA) is 78.7 Å². The van der Waals surface area contributed by atoms with Crippen LogP contribution in [0.15, 0.2) is 47.3 Å². The summed E-state index contributed by atoms with van der Waals surface area (Å²) in [6.45, 7) is 5.86. The van der Waals surface area contributed by atoms with E-state index < -0.39 is 6.10 Å². The first-order chi connectivity index (χ1) is 14.4. The molecule has 1 amide bonds. The molecule has 1 unspecified atom stereocenters. The van der Waals surface area contributed by atoms with Crippen molar-refractivity contribution in [2.24, 2.45) is 7.05 Å². The zero-order valence-corrected chi connectivity index (χ0v) is 17.5. The summed E-state index contributed by atoms with van der Waals surface area (Å²) in [5, 5.41) is 10.7. The molecule has 1 aliphatic rings. The monoisotopic (exact) mass is 406 g/mol. The fraction of sp³-hybridized carbons (Fsp3) is 0.348. The molecule has 3 aromatic rings. The summed E-state index contributed by atoms with van der Waals surface area (Å²) in [5.74, 6) is 0.576. The summed E-state index contributed by atoms with van der Waals surface area (Å²) in [6, 6.07) is 12.9. The lowest BCUT2D eigenvalue weighted by Crippen LogP contribution is -2.50. The van der Waals surface area contributed by atoms with Crippen molar-refractivity contribution in [2.75, 3.05) is 31.1 Å². The van der Waals surface area contributed by atoms with Gasteiger partial charge in [-0.1, -0.05) is 24.3 Å². The molecule has 1 aromatic heterocycles. The van der Waals surface area contributed by atoms with Gasteiger partial charge in [0.2, 0.25) is 5.95 Å². The molecule has 1 N–H and O–H groups in total. The lowest BCUT2D eigenvalue weighted by Gasteiger charge is -2.36. The average Bonchev–Trinajstić information content (AvgIpc) is 2.76. The lowest BCUT2D eigenvalue weighted by molar-refractivity contribution is 0.0746. The van der Waals surface area contributed by atoms with Crippen LogP contribution in [0.1, 0.15) is 34.5 Å². The molecule has 30 heavy (non-hydrogen) atoms. The number of rotatable bonds is 3. The van der Waals surface area contributed by atoms with E-state index in [0.717, 1.165) is 5.56 Å². The summed E-state index contributed by atoms with van der Waals surface area (Å²) < 4.78 is 1.56. The Hall–Kier alpha value is -3.19. The molecule has 0 radical (unpaired) electrons. The van der Waals surface area contributed by atoms with Crippen LogP contribution in [0.5, 0.6) is 0 Å². The predicted octanol–water partition coefficient (Wildman–Crippen LogP) is 2.26. The number of hydrogen-bond acceptors (Lipinski definition) is 5. The van der Waals surface area contributed by atoms with Gasteiger partial charge in [0.25, 0.3) is 11.5 Å². The van der Waals surface area contributed by atoms with Gasteiger partial charge in [-0.2, -0.15) is 0 Å². The van der Waals surface area contributed by atoms with E-state index >= 15 is 0 Å². The second-order valence-corrected chi connectivity index (χ2v) is 7.85. The van der Waals surface area contributed by atoms with Gasteiger partial charge in [0.1, 0.15) is 0 Å². The quantitative estimate of drug-likeness (QED) is 0.722. The number of fused-ring (bicyclic) bond motifs is 1. The Morgan fingerprint density at radius 3 is 2.40 bits per heavy atom. The number of carbonyl (C=O) groups is 1. The van der Waals surface area contributed by atoms with Gasteiger partial charge in [-0.3, -0.25) is 14.2 Å². The number of hydrogen-bond donors (Lipinski definition) is 1. The molecule has 0 spiro atoms. The van der Waals surface area contributed by atoms with Crippen molar-refractivity contribution in [1.82, 2.24) is 14.5 Å². The van der Waals surface area contributed by atoms with Crippen LogP contribution in [0.2, 0.25) is 0 Å². The van der Waals surface area contributed by atoms with E-state index in [-0.39, 0.29) is 11.5 Å². The van der Waals surface area contributed by atoms with Crippen molar-refractivity contribution in [2.45, 2.75) is 20.0 Å². The van der Waals surface area contributed by atoms with Crippen LogP contribution in [-0.4, -0.2) is 51.6 Å². The van der Waals surface area contributed by atoms with Gasteiger partial charge >= 0.3 is 0 Å². The first-order valence-corrected chi connectivity index (χ1v) is 10.2. The maximum absolute atomic E-state index is 13.0. The maximum Gasteiger partial charge on any atom is 0.262 e.